The van der Waals surface area contributed by atoms with Crippen LogP contribution in [0.3, 0.4) is 0 Å². The Labute approximate surface area is 112 Å². The van der Waals surface area contributed by atoms with Crippen LogP contribution in [0.15, 0.2) is 48.0 Å². The van der Waals surface area contributed by atoms with Crippen molar-refractivity contribution in [1.29, 1.82) is 0 Å². The van der Waals surface area contributed by atoms with E-state index in [0.717, 1.165) is 5.57 Å². The van der Waals surface area contributed by atoms with Gasteiger partial charge < -0.3 is 14.6 Å². The molecule has 0 spiro atoms. The molecule has 1 N–H and O–H groups in total. The molecule has 2 aliphatic rings. The first-order valence-electron chi connectivity index (χ1n) is 6.23. The first kappa shape index (κ1) is 13.6. The summed E-state index contributed by atoms with van der Waals surface area (Å²) >= 11 is 0. The summed E-state index contributed by atoms with van der Waals surface area (Å²) in [6.45, 7) is 5.70. The zero-order valence-electron chi connectivity index (χ0n) is 11.0. The van der Waals surface area contributed by atoms with Gasteiger partial charge in [-0.2, -0.15) is 0 Å². The van der Waals surface area contributed by atoms with Gasteiger partial charge in [-0.05, 0) is 25.8 Å². The van der Waals surface area contributed by atoms with Gasteiger partial charge in [0.15, 0.2) is 17.3 Å². The Kier molecular flexibility index (Phi) is 3.90. The summed E-state index contributed by atoms with van der Waals surface area (Å²) in [6.07, 6.45) is 7.96. The van der Waals surface area contributed by atoms with E-state index in [4.69, 9.17) is 14.6 Å². The maximum atomic E-state index is 12.4. The predicted molar refractivity (Wildman–Crippen MR) is 70.9 cm³/mol. The van der Waals surface area contributed by atoms with Crippen molar-refractivity contribution in [3.05, 3.63) is 48.0 Å². The summed E-state index contributed by atoms with van der Waals surface area (Å²) in [7, 11) is 0. The van der Waals surface area contributed by atoms with Crippen LogP contribution in [-0.2, 0) is 14.3 Å². The van der Waals surface area contributed by atoms with Crippen LogP contribution < -0.4 is 0 Å². The molecular formula is C15H18O4. The molecule has 1 saturated heterocycles. The van der Waals surface area contributed by atoms with Crippen LogP contribution in [0.4, 0.5) is 0 Å². The molecular weight excluding hydrogens is 244 g/mol. The average Bonchev–Trinajstić information content (AvgIpc) is 2.83. The quantitative estimate of drug-likeness (QED) is 0.772. The second kappa shape index (κ2) is 5.45. The number of fused-ring (bicyclic) bond motifs is 1. The number of ketones is 1. The van der Waals surface area contributed by atoms with Crippen LogP contribution in [0.1, 0.15) is 19.8 Å². The molecule has 1 aliphatic heterocycles. The molecule has 4 nitrogen and oxygen atoms in total. The third-order valence-electron chi connectivity index (χ3n) is 3.40. The van der Waals surface area contributed by atoms with E-state index in [2.05, 4.69) is 6.58 Å². The van der Waals surface area contributed by atoms with E-state index in [1.165, 1.54) is 6.08 Å². The Bertz CT molecular complexity index is 484. The average molecular weight is 262 g/mol. The van der Waals surface area contributed by atoms with E-state index in [-0.39, 0.29) is 19.2 Å². The van der Waals surface area contributed by atoms with E-state index in [9.17, 15) is 4.79 Å². The molecule has 1 atom stereocenters. The Balaban J connectivity index is 2.32. The molecule has 0 aromatic carbocycles. The van der Waals surface area contributed by atoms with Crippen LogP contribution in [0.25, 0.3) is 0 Å². The lowest BCUT2D eigenvalue weighted by molar-refractivity contribution is -0.121. The lowest BCUT2D eigenvalue weighted by atomic mass is 9.74. The molecule has 1 heterocycles. The van der Waals surface area contributed by atoms with Gasteiger partial charge in [0.25, 0.3) is 0 Å². The Morgan fingerprint density at radius 3 is 2.89 bits per heavy atom. The molecule has 1 aliphatic carbocycles. The number of carbonyl (C=O) groups excluding carboxylic acids is 1. The lowest BCUT2D eigenvalue weighted by Gasteiger charge is -2.28. The molecule has 1 fully saturated rings. The molecule has 0 bridgehead atoms. The summed E-state index contributed by atoms with van der Waals surface area (Å²) in [5, 5.41) is 9.05. The Morgan fingerprint density at radius 1 is 1.47 bits per heavy atom. The third-order valence-corrected chi connectivity index (χ3v) is 3.40. The van der Waals surface area contributed by atoms with Crippen LogP contribution in [0.5, 0.6) is 0 Å². The SMILES string of the molecule is C=CC[C@]1(C/C=C(\C)CO)C=C2OCOC2=CC1=O. The van der Waals surface area contributed by atoms with E-state index >= 15 is 0 Å². The van der Waals surface area contributed by atoms with Gasteiger partial charge in [0.05, 0.1) is 12.0 Å². The van der Waals surface area contributed by atoms with Crippen LogP contribution >= 0.6 is 0 Å². The maximum absolute atomic E-state index is 12.4. The van der Waals surface area contributed by atoms with Crippen LogP contribution in [0, 0.1) is 5.41 Å². The third kappa shape index (κ3) is 2.63. The molecule has 0 aromatic rings. The van der Waals surface area contributed by atoms with Gasteiger partial charge in [0, 0.05) is 6.08 Å². The normalized spacial score (nSPS) is 26.0. The van der Waals surface area contributed by atoms with Gasteiger partial charge in [-0.3, -0.25) is 4.79 Å². The number of aliphatic hydroxyl groups is 1. The van der Waals surface area contributed by atoms with Crippen molar-refractivity contribution in [2.75, 3.05) is 13.4 Å². The summed E-state index contributed by atoms with van der Waals surface area (Å²) in [6, 6.07) is 0. The van der Waals surface area contributed by atoms with Gasteiger partial charge >= 0.3 is 0 Å². The summed E-state index contributed by atoms with van der Waals surface area (Å²) in [5.41, 5.74) is 0.165. The number of allylic oxidation sites excluding steroid dienone is 4. The number of carbonyl (C=O) groups is 1. The first-order valence-corrected chi connectivity index (χ1v) is 6.23. The fourth-order valence-electron chi connectivity index (χ4n) is 2.19. The van der Waals surface area contributed by atoms with E-state index < -0.39 is 5.41 Å². The van der Waals surface area contributed by atoms with Gasteiger partial charge in [-0.1, -0.05) is 17.7 Å². The number of aliphatic hydroxyl groups excluding tert-OH is 1. The highest BCUT2D eigenvalue weighted by molar-refractivity contribution is 5.99. The smallest absolute Gasteiger partial charge is 0.231 e. The van der Waals surface area contributed by atoms with Crippen LogP contribution in [0.2, 0.25) is 0 Å². The van der Waals surface area contributed by atoms with E-state index in [1.807, 2.05) is 19.1 Å². The molecule has 2 rings (SSSR count). The Morgan fingerprint density at radius 2 is 2.21 bits per heavy atom. The van der Waals surface area contributed by atoms with Crippen molar-refractivity contribution in [3.63, 3.8) is 0 Å². The van der Waals surface area contributed by atoms with Gasteiger partial charge in [0.1, 0.15) is 0 Å². The number of hydrogen-bond donors (Lipinski definition) is 1. The number of hydrogen-bond acceptors (Lipinski definition) is 4. The minimum atomic E-state index is -0.676. The molecule has 0 aromatic heterocycles. The maximum Gasteiger partial charge on any atom is 0.231 e. The number of ether oxygens (including phenoxy) is 2. The molecule has 0 unspecified atom stereocenters. The van der Waals surface area contributed by atoms with E-state index in [1.54, 1.807) is 6.08 Å². The number of rotatable bonds is 5. The highest BCUT2D eigenvalue weighted by atomic mass is 16.7. The second-order valence-corrected chi connectivity index (χ2v) is 4.85. The highest BCUT2D eigenvalue weighted by Crippen LogP contribution is 2.40. The monoisotopic (exact) mass is 262 g/mol. The largest absolute Gasteiger partial charge is 0.454 e. The van der Waals surface area contributed by atoms with Crippen molar-refractivity contribution < 1.29 is 19.4 Å². The fraction of sp³-hybridized carbons (Fsp3) is 0.400. The van der Waals surface area contributed by atoms with Gasteiger partial charge in [-0.25, -0.2) is 0 Å². The Hall–Kier alpha value is -1.81. The van der Waals surface area contributed by atoms with Crippen molar-refractivity contribution in [3.8, 4) is 0 Å². The molecule has 0 saturated carbocycles. The van der Waals surface area contributed by atoms with Crippen molar-refractivity contribution in [1.82, 2.24) is 0 Å². The van der Waals surface area contributed by atoms with Crippen molar-refractivity contribution >= 4 is 5.78 Å². The van der Waals surface area contributed by atoms with Crippen molar-refractivity contribution in [2.24, 2.45) is 5.41 Å². The van der Waals surface area contributed by atoms with Crippen molar-refractivity contribution in [2.45, 2.75) is 19.8 Å². The molecule has 0 amide bonds. The molecule has 102 valence electrons. The summed E-state index contributed by atoms with van der Waals surface area (Å²) in [5.74, 6) is 1.11. The molecule has 0 radical (unpaired) electrons. The lowest BCUT2D eigenvalue weighted by Crippen LogP contribution is -2.30. The van der Waals surface area contributed by atoms with Gasteiger partial charge in [0.2, 0.25) is 6.79 Å². The van der Waals surface area contributed by atoms with Gasteiger partial charge in [-0.15, -0.1) is 6.58 Å². The zero-order valence-corrected chi connectivity index (χ0v) is 11.0. The summed E-state index contributed by atoms with van der Waals surface area (Å²) in [4.78, 5) is 12.4. The minimum Gasteiger partial charge on any atom is -0.454 e. The standard InChI is InChI=1S/C15H18O4/c1-3-5-15(6-4-11(2)9-16)8-13-12(7-14(15)17)18-10-19-13/h3-4,7-8,16H,1,5-6,9-10H2,2H3/b11-4+/t15-/m0/s1. The highest BCUT2D eigenvalue weighted by Gasteiger charge is 2.39. The van der Waals surface area contributed by atoms with E-state index in [0.29, 0.717) is 24.4 Å². The van der Waals surface area contributed by atoms with Crippen LogP contribution in [-0.4, -0.2) is 24.3 Å². The second-order valence-electron chi connectivity index (χ2n) is 4.85. The minimum absolute atomic E-state index is 0.00433. The molecule has 19 heavy (non-hydrogen) atoms. The fourth-order valence-corrected chi connectivity index (χ4v) is 2.19. The first-order chi connectivity index (χ1) is 9.11. The predicted octanol–water partition coefficient (Wildman–Crippen LogP) is 2.23. The topological polar surface area (TPSA) is 55.8 Å². The zero-order chi connectivity index (χ0) is 13.9. The summed E-state index contributed by atoms with van der Waals surface area (Å²) < 4.78 is 10.6. The molecule has 4 heteroatoms.